The summed E-state index contributed by atoms with van der Waals surface area (Å²) in [6, 6.07) is 1.86. The van der Waals surface area contributed by atoms with Gasteiger partial charge in [0, 0.05) is 17.8 Å². The first-order chi connectivity index (χ1) is 8.99. The molecule has 100 valence electrons. The van der Waals surface area contributed by atoms with Crippen LogP contribution in [-0.2, 0) is 11.2 Å². The van der Waals surface area contributed by atoms with E-state index in [0.29, 0.717) is 18.0 Å². The van der Waals surface area contributed by atoms with E-state index in [1.54, 1.807) is 6.26 Å². The standard InChI is InChI=1S/C14H16N2O3/c1-8-6-7-19-13(8)14-15-9(2)11(10(3)16-14)4-5-12(17)18/h6-7H,4-5H2,1-3H3,(H,17,18). The Hall–Kier alpha value is -2.17. The number of nitrogens with zero attached hydrogens (tertiary/aromatic N) is 2. The lowest BCUT2D eigenvalue weighted by Gasteiger charge is -2.09. The van der Waals surface area contributed by atoms with Crippen LogP contribution in [0.2, 0.25) is 0 Å². The molecule has 2 rings (SSSR count). The highest BCUT2D eigenvalue weighted by Gasteiger charge is 2.14. The minimum absolute atomic E-state index is 0.0875. The van der Waals surface area contributed by atoms with E-state index < -0.39 is 5.97 Å². The summed E-state index contributed by atoms with van der Waals surface area (Å²) in [5.41, 5.74) is 3.49. The van der Waals surface area contributed by atoms with Gasteiger partial charge in [0.15, 0.2) is 11.6 Å². The Morgan fingerprint density at radius 3 is 2.37 bits per heavy atom. The van der Waals surface area contributed by atoms with Crippen LogP contribution in [0.3, 0.4) is 0 Å². The highest BCUT2D eigenvalue weighted by Crippen LogP contribution is 2.23. The molecule has 0 radical (unpaired) electrons. The number of aromatic nitrogens is 2. The van der Waals surface area contributed by atoms with Crippen molar-refractivity contribution in [3.05, 3.63) is 34.8 Å². The average Bonchev–Trinajstić information content (AvgIpc) is 2.73. The number of hydrogen-bond acceptors (Lipinski definition) is 4. The van der Waals surface area contributed by atoms with Crippen molar-refractivity contribution in [1.29, 1.82) is 0 Å². The zero-order valence-corrected chi connectivity index (χ0v) is 11.2. The van der Waals surface area contributed by atoms with E-state index in [9.17, 15) is 4.79 Å². The van der Waals surface area contributed by atoms with Gasteiger partial charge in [-0.25, -0.2) is 9.97 Å². The molecule has 0 aromatic carbocycles. The number of carboxylic acids is 1. The molecule has 2 aromatic rings. The van der Waals surface area contributed by atoms with Crippen LogP contribution in [0, 0.1) is 20.8 Å². The van der Waals surface area contributed by atoms with Gasteiger partial charge in [0.1, 0.15) is 0 Å². The zero-order chi connectivity index (χ0) is 14.0. The third kappa shape index (κ3) is 2.81. The van der Waals surface area contributed by atoms with Crippen molar-refractivity contribution in [3.8, 4) is 11.6 Å². The van der Waals surface area contributed by atoms with Gasteiger partial charge in [-0.2, -0.15) is 0 Å². The van der Waals surface area contributed by atoms with Crippen LogP contribution < -0.4 is 0 Å². The second kappa shape index (κ2) is 5.22. The van der Waals surface area contributed by atoms with Crippen molar-refractivity contribution in [2.45, 2.75) is 33.6 Å². The maximum atomic E-state index is 10.6. The second-order valence-electron chi connectivity index (χ2n) is 4.52. The minimum Gasteiger partial charge on any atom is -0.481 e. The van der Waals surface area contributed by atoms with Crippen molar-refractivity contribution in [1.82, 2.24) is 9.97 Å². The van der Waals surface area contributed by atoms with E-state index in [1.807, 2.05) is 26.8 Å². The lowest BCUT2D eigenvalue weighted by molar-refractivity contribution is -0.136. The molecule has 0 aliphatic rings. The summed E-state index contributed by atoms with van der Waals surface area (Å²) in [7, 11) is 0. The average molecular weight is 260 g/mol. The van der Waals surface area contributed by atoms with Crippen LogP contribution in [0.15, 0.2) is 16.7 Å². The summed E-state index contributed by atoms with van der Waals surface area (Å²) in [5.74, 6) is 0.400. The maximum Gasteiger partial charge on any atom is 0.303 e. The smallest absolute Gasteiger partial charge is 0.303 e. The Morgan fingerprint density at radius 1 is 1.26 bits per heavy atom. The molecular formula is C14H16N2O3. The summed E-state index contributed by atoms with van der Waals surface area (Å²) >= 11 is 0. The summed E-state index contributed by atoms with van der Waals surface area (Å²) in [6.07, 6.45) is 2.14. The van der Waals surface area contributed by atoms with Crippen molar-refractivity contribution in [2.75, 3.05) is 0 Å². The third-order valence-electron chi connectivity index (χ3n) is 3.07. The van der Waals surface area contributed by atoms with Crippen molar-refractivity contribution in [2.24, 2.45) is 0 Å². The van der Waals surface area contributed by atoms with E-state index in [2.05, 4.69) is 9.97 Å². The van der Waals surface area contributed by atoms with Gasteiger partial charge in [-0.05, 0) is 44.4 Å². The van der Waals surface area contributed by atoms with Gasteiger partial charge in [-0.1, -0.05) is 0 Å². The van der Waals surface area contributed by atoms with Crippen LogP contribution in [0.1, 0.15) is 28.9 Å². The topological polar surface area (TPSA) is 76.2 Å². The highest BCUT2D eigenvalue weighted by molar-refractivity contribution is 5.67. The lowest BCUT2D eigenvalue weighted by Crippen LogP contribution is -2.06. The van der Waals surface area contributed by atoms with Crippen LogP contribution in [0.5, 0.6) is 0 Å². The normalized spacial score (nSPS) is 10.7. The van der Waals surface area contributed by atoms with Gasteiger partial charge < -0.3 is 9.52 Å². The second-order valence-corrected chi connectivity index (χ2v) is 4.52. The van der Waals surface area contributed by atoms with Crippen LogP contribution in [0.25, 0.3) is 11.6 Å². The summed E-state index contributed by atoms with van der Waals surface area (Å²) in [4.78, 5) is 19.5. The van der Waals surface area contributed by atoms with Gasteiger partial charge in [0.25, 0.3) is 0 Å². The Balaban J connectivity index is 2.37. The van der Waals surface area contributed by atoms with Gasteiger partial charge in [0.05, 0.1) is 6.26 Å². The molecule has 0 bridgehead atoms. The lowest BCUT2D eigenvalue weighted by atomic mass is 10.1. The third-order valence-corrected chi connectivity index (χ3v) is 3.07. The number of aryl methyl sites for hydroxylation is 3. The Morgan fingerprint density at radius 2 is 1.89 bits per heavy atom. The molecule has 0 aliphatic heterocycles. The molecule has 5 nitrogen and oxygen atoms in total. The molecule has 0 fully saturated rings. The molecule has 19 heavy (non-hydrogen) atoms. The first-order valence-electron chi connectivity index (χ1n) is 6.09. The molecule has 0 saturated heterocycles. The van der Waals surface area contributed by atoms with Crippen LogP contribution in [-0.4, -0.2) is 21.0 Å². The number of aliphatic carboxylic acids is 1. The Labute approximate surface area is 111 Å². The molecule has 2 aromatic heterocycles. The summed E-state index contributed by atoms with van der Waals surface area (Å²) in [5, 5.41) is 8.74. The van der Waals surface area contributed by atoms with Crippen molar-refractivity contribution < 1.29 is 14.3 Å². The number of carbonyl (C=O) groups is 1. The number of carboxylic acid groups (broad SMARTS) is 1. The molecule has 0 saturated carbocycles. The first-order valence-corrected chi connectivity index (χ1v) is 6.09. The molecule has 0 unspecified atom stereocenters. The minimum atomic E-state index is -0.815. The zero-order valence-electron chi connectivity index (χ0n) is 11.2. The summed E-state index contributed by atoms with van der Waals surface area (Å²) < 4.78 is 5.38. The fourth-order valence-corrected chi connectivity index (χ4v) is 2.04. The van der Waals surface area contributed by atoms with E-state index in [-0.39, 0.29) is 6.42 Å². The van der Waals surface area contributed by atoms with Gasteiger partial charge in [0.2, 0.25) is 0 Å². The van der Waals surface area contributed by atoms with E-state index >= 15 is 0 Å². The summed E-state index contributed by atoms with van der Waals surface area (Å²) in [6.45, 7) is 5.67. The maximum absolute atomic E-state index is 10.6. The quantitative estimate of drug-likeness (QED) is 0.914. The molecule has 2 heterocycles. The Kier molecular flexibility index (Phi) is 3.64. The molecule has 0 atom stereocenters. The van der Waals surface area contributed by atoms with E-state index in [4.69, 9.17) is 9.52 Å². The monoisotopic (exact) mass is 260 g/mol. The largest absolute Gasteiger partial charge is 0.481 e. The predicted octanol–water partition coefficient (Wildman–Crippen LogP) is 2.68. The fourth-order valence-electron chi connectivity index (χ4n) is 2.04. The number of rotatable bonds is 4. The highest BCUT2D eigenvalue weighted by atomic mass is 16.4. The van der Waals surface area contributed by atoms with Gasteiger partial charge in [-0.15, -0.1) is 0 Å². The van der Waals surface area contributed by atoms with E-state index in [0.717, 1.165) is 22.5 Å². The van der Waals surface area contributed by atoms with Crippen LogP contribution in [0.4, 0.5) is 0 Å². The first kappa shape index (κ1) is 13.3. The molecule has 0 aliphatic carbocycles. The Bertz CT molecular complexity index is 594. The predicted molar refractivity (Wildman–Crippen MR) is 69.9 cm³/mol. The van der Waals surface area contributed by atoms with Crippen molar-refractivity contribution >= 4 is 5.97 Å². The number of furan rings is 1. The van der Waals surface area contributed by atoms with Gasteiger partial charge >= 0.3 is 5.97 Å². The van der Waals surface area contributed by atoms with Gasteiger partial charge in [-0.3, -0.25) is 4.79 Å². The molecule has 5 heteroatoms. The number of hydrogen-bond donors (Lipinski definition) is 1. The van der Waals surface area contributed by atoms with E-state index in [1.165, 1.54) is 0 Å². The molecule has 0 spiro atoms. The van der Waals surface area contributed by atoms with Crippen molar-refractivity contribution in [3.63, 3.8) is 0 Å². The molecular weight excluding hydrogens is 244 g/mol. The van der Waals surface area contributed by atoms with Crippen LogP contribution >= 0.6 is 0 Å². The SMILES string of the molecule is Cc1ccoc1-c1nc(C)c(CCC(=O)O)c(C)n1. The molecule has 0 amide bonds. The fraction of sp³-hybridized carbons (Fsp3) is 0.357. The molecule has 1 N–H and O–H groups in total.